The normalized spacial score (nSPS) is 33.1. The molecule has 2 nitrogen and oxygen atoms in total. The van der Waals surface area contributed by atoms with Crippen molar-refractivity contribution in [1.82, 2.24) is 5.32 Å². The molecule has 0 bridgehead atoms. The number of thiophene rings is 1. The van der Waals surface area contributed by atoms with Gasteiger partial charge in [0.25, 0.3) is 0 Å². The zero-order valence-electron chi connectivity index (χ0n) is 8.45. The fourth-order valence-corrected chi connectivity index (χ4v) is 3.66. The molecule has 3 atom stereocenters. The van der Waals surface area contributed by atoms with Gasteiger partial charge in [-0.2, -0.15) is 0 Å². The summed E-state index contributed by atoms with van der Waals surface area (Å²) in [5, 5.41) is 5.91. The molecule has 1 aliphatic rings. The second kappa shape index (κ2) is 4.13. The lowest BCUT2D eigenvalue weighted by Gasteiger charge is -2.26. The maximum absolute atomic E-state index is 11.7. The van der Waals surface area contributed by atoms with E-state index in [2.05, 4.69) is 23.7 Å². The third-order valence-corrected chi connectivity index (χ3v) is 5.19. The van der Waals surface area contributed by atoms with E-state index >= 15 is 0 Å². The molecule has 1 fully saturated rings. The van der Waals surface area contributed by atoms with Crippen molar-refractivity contribution in [3.05, 3.63) is 21.9 Å². The van der Waals surface area contributed by atoms with Gasteiger partial charge in [-0.05, 0) is 30.9 Å². The van der Waals surface area contributed by atoms with Crippen LogP contribution >= 0.6 is 11.3 Å². The molecule has 0 radical (unpaired) electrons. The molecule has 14 heavy (non-hydrogen) atoms. The summed E-state index contributed by atoms with van der Waals surface area (Å²) < 4.78 is 11.7. The van der Waals surface area contributed by atoms with Crippen LogP contribution in [-0.2, 0) is 10.8 Å². The largest absolute Gasteiger partial charge is 0.308 e. The maximum Gasteiger partial charge on any atom is 0.0445 e. The van der Waals surface area contributed by atoms with Gasteiger partial charge in [0.2, 0.25) is 0 Å². The highest BCUT2D eigenvalue weighted by Crippen LogP contribution is 2.24. The summed E-state index contributed by atoms with van der Waals surface area (Å²) in [6.07, 6.45) is 0. The van der Waals surface area contributed by atoms with Gasteiger partial charge in [0.05, 0.1) is 0 Å². The van der Waals surface area contributed by atoms with Crippen LogP contribution in [0, 0.1) is 6.92 Å². The maximum atomic E-state index is 11.7. The van der Waals surface area contributed by atoms with Gasteiger partial charge in [-0.25, -0.2) is 0 Å². The van der Waals surface area contributed by atoms with E-state index in [4.69, 9.17) is 0 Å². The number of hydrogen-bond donors (Lipinski definition) is 1. The molecule has 1 aromatic rings. The van der Waals surface area contributed by atoms with Crippen molar-refractivity contribution in [2.75, 3.05) is 12.3 Å². The summed E-state index contributed by atoms with van der Waals surface area (Å²) in [6.45, 7) is 5.01. The molecule has 1 saturated heterocycles. The molecule has 0 spiro atoms. The molecule has 1 aromatic heterocycles. The fourth-order valence-electron chi connectivity index (χ4n) is 1.65. The van der Waals surface area contributed by atoms with Crippen LogP contribution in [0.15, 0.2) is 11.4 Å². The minimum Gasteiger partial charge on any atom is -0.308 e. The molecule has 4 heteroatoms. The first-order valence-corrected chi connectivity index (χ1v) is 7.08. The standard InChI is InChI=1S/C10H15NOS2/c1-7-3-9(5-13-7)10-6-14(12)8(2)4-11-10/h3,5,8,10-11H,4,6H2,1-2H3. The number of nitrogens with one attached hydrogen (secondary N) is 1. The van der Waals surface area contributed by atoms with Gasteiger partial charge in [0.1, 0.15) is 0 Å². The Morgan fingerprint density at radius 1 is 1.64 bits per heavy atom. The highest BCUT2D eigenvalue weighted by atomic mass is 32.2. The minimum atomic E-state index is -0.664. The van der Waals surface area contributed by atoms with E-state index in [9.17, 15) is 4.21 Å². The van der Waals surface area contributed by atoms with Gasteiger partial charge in [0, 0.05) is 39.3 Å². The summed E-state index contributed by atoms with van der Waals surface area (Å²) in [4.78, 5) is 1.33. The summed E-state index contributed by atoms with van der Waals surface area (Å²) in [6, 6.07) is 2.49. The van der Waals surface area contributed by atoms with Crippen LogP contribution in [0.4, 0.5) is 0 Å². The van der Waals surface area contributed by atoms with Gasteiger partial charge in [-0.15, -0.1) is 11.3 Å². The van der Waals surface area contributed by atoms with E-state index in [-0.39, 0.29) is 0 Å². The van der Waals surface area contributed by atoms with E-state index in [1.807, 2.05) is 6.92 Å². The monoisotopic (exact) mass is 229 g/mol. The van der Waals surface area contributed by atoms with Crippen LogP contribution < -0.4 is 5.32 Å². The van der Waals surface area contributed by atoms with E-state index in [1.165, 1.54) is 10.4 Å². The van der Waals surface area contributed by atoms with Gasteiger partial charge >= 0.3 is 0 Å². The molecule has 2 rings (SSSR count). The van der Waals surface area contributed by atoms with Crippen molar-refractivity contribution in [3.8, 4) is 0 Å². The Morgan fingerprint density at radius 2 is 2.43 bits per heavy atom. The highest BCUT2D eigenvalue weighted by Gasteiger charge is 2.25. The van der Waals surface area contributed by atoms with E-state index < -0.39 is 10.8 Å². The lowest BCUT2D eigenvalue weighted by molar-refractivity contribution is 0.541. The Hall–Kier alpha value is -0.190. The Morgan fingerprint density at radius 3 is 3.00 bits per heavy atom. The van der Waals surface area contributed by atoms with Gasteiger partial charge in [-0.3, -0.25) is 4.21 Å². The van der Waals surface area contributed by atoms with Crippen LogP contribution in [0.25, 0.3) is 0 Å². The van der Waals surface area contributed by atoms with Crippen molar-refractivity contribution in [2.24, 2.45) is 0 Å². The molecule has 0 aliphatic carbocycles. The smallest absolute Gasteiger partial charge is 0.0445 e. The van der Waals surface area contributed by atoms with Crippen LogP contribution in [0.5, 0.6) is 0 Å². The highest BCUT2D eigenvalue weighted by molar-refractivity contribution is 7.85. The predicted molar refractivity (Wildman–Crippen MR) is 62.3 cm³/mol. The summed E-state index contributed by atoms with van der Waals surface area (Å²) in [7, 11) is -0.664. The average molecular weight is 229 g/mol. The first-order valence-electron chi connectivity index (χ1n) is 4.82. The molecule has 1 aliphatic heterocycles. The minimum absolute atomic E-state index is 0.297. The Bertz CT molecular complexity index is 348. The Kier molecular flexibility index (Phi) is 3.04. The first-order chi connectivity index (χ1) is 6.66. The average Bonchev–Trinajstić information content (AvgIpc) is 2.57. The molecular weight excluding hydrogens is 214 g/mol. The van der Waals surface area contributed by atoms with Gasteiger partial charge in [0.15, 0.2) is 0 Å². The molecule has 78 valence electrons. The molecule has 3 unspecified atom stereocenters. The lowest BCUT2D eigenvalue weighted by Crippen LogP contribution is -2.41. The molecule has 0 saturated carbocycles. The van der Waals surface area contributed by atoms with Crippen molar-refractivity contribution in [1.29, 1.82) is 0 Å². The van der Waals surface area contributed by atoms with E-state index in [0.717, 1.165) is 12.3 Å². The molecule has 0 amide bonds. The second-order valence-electron chi connectivity index (χ2n) is 3.81. The zero-order chi connectivity index (χ0) is 10.1. The molecule has 1 N–H and O–H groups in total. The van der Waals surface area contributed by atoms with Crippen molar-refractivity contribution >= 4 is 22.1 Å². The SMILES string of the molecule is Cc1cc(C2CS(=O)C(C)CN2)cs1. The van der Waals surface area contributed by atoms with Crippen molar-refractivity contribution < 1.29 is 4.21 Å². The third kappa shape index (κ3) is 2.07. The van der Waals surface area contributed by atoms with E-state index in [0.29, 0.717) is 11.3 Å². The van der Waals surface area contributed by atoms with Crippen LogP contribution in [0.3, 0.4) is 0 Å². The van der Waals surface area contributed by atoms with E-state index in [1.54, 1.807) is 11.3 Å². The first kappa shape index (κ1) is 10.3. The zero-order valence-corrected chi connectivity index (χ0v) is 10.1. The number of rotatable bonds is 1. The fraction of sp³-hybridized carbons (Fsp3) is 0.600. The summed E-state index contributed by atoms with van der Waals surface area (Å²) in [5.41, 5.74) is 1.30. The topological polar surface area (TPSA) is 29.1 Å². The molecular formula is C10H15NOS2. The molecule has 2 heterocycles. The number of aryl methyl sites for hydroxylation is 1. The van der Waals surface area contributed by atoms with Crippen LogP contribution in [-0.4, -0.2) is 21.8 Å². The lowest BCUT2D eigenvalue weighted by atomic mass is 10.1. The third-order valence-electron chi connectivity index (χ3n) is 2.58. The summed E-state index contributed by atoms with van der Waals surface area (Å²) in [5.74, 6) is 0.761. The summed E-state index contributed by atoms with van der Waals surface area (Å²) >= 11 is 1.76. The van der Waals surface area contributed by atoms with Crippen LogP contribution in [0.1, 0.15) is 23.4 Å². The van der Waals surface area contributed by atoms with Crippen LogP contribution in [0.2, 0.25) is 0 Å². The predicted octanol–water partition coefficient (Wildman–Crippen LogP) is 1.84. The van der Waals surface area contributed by atoms with Gasteiger partial charge < -0.3 is 5.32 Å². The second-order valence-corrected chi connectivity index (χ2v) is 6.82. The van der Waals surface area contributed by atoms with Crippen molar-refractivity contribution in [2.45, 2.75) is 25.1 Å². The number of hydrogen-bond acceptors (Lipinski definition) is 3. The quantitative estimate of drug-likeness (QED) is 0.796. The van der Waals surface area contributed by atoms with Crippen molar-refractivity contribution in [3.63, 3.8) is 0 Å². The van der Waals surface area contributed by atoms with Gasteiger partial charge in [-0.1, -0.05) is 0 Å². The molecule has 0 aromatic carbocycles. The Labute approximate surface area is 91.2 Å². The Balaban J connectivity index is 2.10.